The van der Waals surface area contributed by atoms with Gasteiger partial charge in [0.2, 0.25) is 6.33 Å². The summed E-state index contributed by atoms with van der Waals surface area (Å²) in [6, 6.07) is 10.0. The van der Waals surface area contributed by atoms with Crippen LogP contribution in [0.1, 0.15) is 26.2 Å². The second kappa shape index (κ2) is 9.59. The third-order valence-corrected chi connectivity index (χ3v) is 3.05. The molecular weight excluding hydrogens is 316 g/mol. The standard InChI is InChI=1S/C16H23N2O.BrH/c1-2-10-17-12-13-18(15-17)11-6-7-14-19-16-8-4-3-5-9-16;/h3-5,8-9,12-13,15H,2,6-7,10-11,14H2,1H3;1H/q+1;/p-1. The van der Waals surface area contributed by atoms with Gasteiger partial charge in [-0.3, -0.25) is 0 Å². The molecule has 1 aromatic carbocycles. The van der Waals surface area contributed by atoms with Crippen LogP contribution in [-0.2, 0) is 13.1 Å². The van der Waals surface area contributed by atoms with E-state index in [1.807, 2.05) is 30.3 Å². The van der Waals surface area contributed by atoms with Crippen molar-refractivity contribution in [3.05, 3.63) is 49.1 Å². The van der Waals surface area contributed by atoms with E-state index in [1.165, 1.54) is 6.42 Å². The van der Waals surface area contributed by atoms with E-state index < -0.39 is 0 Å². The molecule has 1 heterocycles. The molecule has 2 aromatic rings. The van der Waals surface area contributed by atoms with Crippen LogP contribution in [0.4, 0.5) is 0 Å². The molecule has 0 atom stereocenters. The molecule has 0 amide bonds. The Morgan fingerprint density at radius 3 is 2.70 bits per heavy atom. The maximum absolute atomic E-state index is 5.67. The number of unbranched alkanes of at least 4 members (excludes halogenated alkanes) is 1. The van der Waals surface area contributed by atoms with Crippen LogP contribution in [0.3, 0.4) is 0 Å². The van der Waals surface area contributed by atoms with Crippen molar-refractivity contribution < 1.29 is 26.3 Å². The molecule has 4 heteroatoms. The van der Waals surface area contributed by atoms with Crippen LogP contribution < -0.4 is 26.3 Å². The number of benzene rings is 1. The molecule has 20 heavy (non-hydrogen) atoms. The van der Waals surface area contributed by atoms with Crippen LogP contribution in [0.25, 0.3) is 0 Å². The first-order valence-corrected chi connectivity index (χ1v) is 7.11. The number of hydrogen-bond donors (Lipinski definition) is 0. The van der Waals surface area contributed by atoms with Gasteiger partial charge in [-0.1, -0.05) is 25.1 Å². The molecule has 0 spiro atoms. The van der Waals surface area contributed by atoms with Crippen molar-refractivity contribution >= 4 is 0 Å². The zero-order valence-electron chi connectivity index (χ0n) is 12.0. The number of halogens is 1. The monoisotopic (exact) mass is 338 g/mol. The smallest absolute Gasteiger partial charge is 0.243 e. The Labute approximate surface area is 132 Å². The number of aromatic nitrogens is 2. The van der Waals surface area contributed by atoms with Gasteiger partial charge in [-0.05, 0) is 31.4 Å². The summed E-state index contributed by atoms with van der Waals surface area (Å²) in [4.78, 5) is 0. The van der Waals surface area contributed by atoms with E-state index in [0.717, 1.165) is 38.3 Å². The van der Waals surface area contributed by atoms with E-state index in [9.17, 15) is 0 Å². The van der Waals surface area contributed by atoms with Gasteiger partial charge in [0.25, 0.3) is 0 Å². The van der Waals surface area contributed by atoms with Crippen LogP contribution in [0.15, 0.2) is 49.1 Å². The lowest BCUT2D eigenvalue weighted by Gasteiger charge is -2.04. The molecule has 0 N–H and O–H groups in total. The summed E-state index contributed by atoms with van der Waals surface area (Å²) >= 11 is 0. The van der Waals surface area contributed by atoms with E-state index >= 15 is 0 Å². The van der Waals surface area contributed by atoms with Gasteiger partial charge in [0.05, 0.1) is 19.7 Å². The fourth-order valence-electron chi connectivity index (χ4n) is 2.06. The second-order valence-corrected chi connectivity index (χ2v) is 4.76. The van der Waals surface area contributed by atoms with Crippen LogP contribution in [0.5, 0.6) is 5.75 Å². The summed E-state index contributed by atoms with van der Waals surface area (Å²) in [5.74, 6) is 0.962. The van der Waals surface area contributed by atoms with Crippen molar-refractivity contribution in [3.8, 4) is 5.75 Å². The largest absolute Gasteiger partial charge is 1.00 e. The molecule has 0 aliphatic carbocycles. The number of aryl methyl sites for hydroxylation is 2. The minimum Gasteiger partial charge on any atom is -1.00 e. The van der Waals surface area contributed by atoms with Gasteiger partial charge in [-0.2, -0.15) is 0 Å². The van der Waals surface area contributed by atoms with Gasteiger partial charge in [-0.25, -0.2) is 9.13 Å². The Kier molecular flexibility index (Phi) is 8.04. The van der Waals surface area contributed by atoms with E-state index in [4.69, 9.17) is 4.74 Å². The fourth-order valence-corrected chi connectivity index (χ4v) is 2.06. The fraction of sp³-hybridized carbons (Fsp3) is 0.438. The van der Waals surface area contributed by atoms with Crippen LogP contribution in [0.2, 0.25) is 0 Å². The summed E-state index contributed by atoms with van der Waals surface area (Å²) in [7, 11) is 0. The minimum absolute atomic E-state index is 0. The molecule has 0 saturated carbocycles. The Morgan fingerprint density at radius 1 is 1.15 bits per heavy atom. The van der Waals surface area contributed by atoms with Crippen LogP contribution in [-0.4, -0.2) is 11.2 Å². The van der Waals surface area contributed by atoms with Gasteiger partial charge in [0, 0.05) is 0 Å². The van der Waals surface area contributed by atoms with E-state index in [2.05, 4.69) is 34.8 Å². The van der Waals surface area contributed by atoms with Crippen molar-refractivity contribution in [1.82, 2.24) is 4.57 Å². The Bertz CT molecular complexity index is 470. The van der Waals surface area contributed by atoms with Crippen molar-refractivity contribution in [2.75, 3.05) is 6.61 Å². The highest BCUT2D eigenvalue weighted by Gasteiger charge is 2.02. The van der Waals surface area contributed by atoms with Gasteiger partial charge in [-0.15, -0.1) is 0 Å². The molecule has 0 fully saturated rings. The van der Waals surface area contributed by atoms with E-state index in [-0.39, 0.29) is 17.0 Å². The maximum atomic E-state index is 5.67. The predicted octanol–water partition coefficient (Wildman–Crippen LogP) is 0.0488. The van der Waals surface area contributed by atoms with Crippen LogP contribution >= 0.6 is 0 Å². The molecule has 0 unspecified atom stereocenters. The maximum Gasteiger partial charge on any atom is 0.243 e. The molecule has 0 bridgehead atoms. The molecule has 2 rings (SSSR count). The SMILES string of the molecule is CCC[n+]1ccn(CCCCOc2ccccc2)c1.[Br-]. The number of para-hydroxylation sites is 1. The zero-order chi connectivity index (χ0) is 13.3. The average molecular weight is 339 g/mol. The number of hydrogen-bond acceptors (Lipinski definition) is 1. The number of nitrogens with zero attached hydrogens (tertiary/aromatic N) is 2. The highest BCUT2D eigenvalue weighted by Crippen LogP contribution is 2.08. The average Bonchev–Trinajstić information content (AvgIpc) is 2.88. The summed E-state index contributed by atoms with van der Waals surface area (Å²) in [6.45, 7) is 5.16. The third kappa shape index (κ3) is 5.78. The lowest BCUT2D eigenvalue weighted by Crippen LogP contribution is -3.00. The Morgan fingerprint density at radius 2 is 1.95 bits per heavy atom. The topological polar surface area (TPSA) is 18.0 Å². The van der Waals surface area contributed by atoms with Crippen LogP contribution in [0, 0.1) is 0 Å². The van der Waals surface area contributed by atoms with Gasteiger partial charge < -0.3 is 21.7 Å². The van der Waals surface area contributed by atoms with Gasteiger partial charge >= 0.3 is 0 Å². The quantitative estimate of drug-likeness (QED) is 0.491. The molecule has 0 radical (unpaired) electrons. The number of rotatable bonds is 8. The van der Waals surface area contributed by atoms with Gasteiger partial charge in [0.1, 0.15) is 18.1 Å². The lowest BCUT2D eigenvalue weighted by atomic mass is 10.3. The lowest BCUT2D eigenvalue weighted by molar-refractivity contribution is -0.696. The van der Waals surface area contributed by atoms with Crippen molar-refractivity contribution in [3.63, 3.8) is 0 Å². The van der Waals surface area contributed by atoms with Crippen molar-refractivity contribution in [2.24, 2.45) is 0 Å². The summed E-state index contributed by atoms with van der Waals surface area (Å²) in [6.07, 6.45) is 9.88. The summed E-state index contributed by atoms with van der Waals surface area (Å²) in [5, 5.41) is 0. The highest BCUT2D eigenvalue weighted by molar-refractivity contribution is 5.20. The molecule has 3 nitrogen and oxygen atoms in total. The number of ether oxygens (including phenoxy) is 1. The highest BCUT2D eigenvalue weighted by atomic mass is 79.9. The molecular formula is C16H23BrN2O. The molecule has 110 valence electrons. The normalized spacial score (nSPS) is 10.1. The zero-order valence-corrected chi connectivity index (χ0v) is 13.6. The first-order chi connectivity index (χ1) is 9.38. The second-order valence-electron chi connectivity index (χ2n) is 4.76. The minimum atomic E-state index is 0. The van der Waals surface area contributed by atoms with Crippen molar-refractivity contribution in [2.45, 2.75) is 39.3 Å². The molecule has 0 aliphatic rings. The summed E-state index contributed by atoms with van der Waals surface area (Å²) < 4.78 is 10.2. The van der Waals surface area contributed by atoms with E-state index in [0.29, 0.717) is 0 Å². The molecule has 0 aliphatic heterocycles. The third-order valence-electron chi connectivity index (χ3n) is 3.05. The molecule has 0 saturated heterocycles. The van der Waals surface area contributed by atoms with Gasteiger partial charge in [0.15, 0.2) is 0 Å². The molecule has 1 aromatic heterocycles. The predicted molar refractivity (Wildman–Crippen MR) is 76.1 cm³/mol. The van der Waals surface area contributed by atoms with Crippen molar-refractivity contribution in [1.29, 1.82) is 0 Å². The Balaban J connectivity index is 0.00000200. The first kappa shape index (κ1) is 16.8. The van der Waals surface area contributed by atoms with E-state index in [1.54, 1.807) is 0 Å². The Hall–Kier alpha value is -1.29. The number of imidazole rings is 1. The first-order valence-electron chi connectivity index (χ1n) is 7.11. The summed E-state index contributed by atoms with van der Waals surface area (Å²) in [5.41, 5.74) is 0.